The van der Waals surface area contributed by atoms with Gasteiger partial charge >= 0.3 is 5.97 Å². The van der Waals surface area contributed by atoms with Gasteiger partial charge in [-0.05, 0) is 24.3 Å². The lowest BCUT2D eigenvalue weighted by Crippen LogP contribution is -2.07. The predicted molar refractivity (Wildman–Crippen MR) is 109 cm³/mol. The molecule has 0 saturated carbocycles. The Bertz CT molecular complexity index is 1070. The number of hydrogen-bond donors (Lipinski definition) is 0. The van der Waals surface area contributed by atoms with E-state index in [1.807, 2.05) is 53.9 Å². The number of carbonyl (C=O) groups excluding carboxylic acids is 1. The van der Waals surface area contributed by atoms with Gasteiger partial charge in [-0.3, -0.25) is 4.79 Å². The second-order valence-electron chi connectivity index (χ2n) is 5.77. The van der Waals surface area contributed by atoms with Gasteiger partial charge in [0.15, 0.2) is 5.58 Å². The first-order chi connectivity index (χ1) is 13.7. The number of thioether (sulfide) groups is 1. The number of oxazole rings is 1. The Kier molecular flexibility index (Phi) is 5.59. The van der Waals surface area contributed by atoms with Crippen molar-refractivity contribution in [2.24, 2.45) is 0 Å². The van der Waals surface area contributed by atoms with Gasteiger partial charge in [0.05, 0.1) is 12.8 Å². The van der Waals surface area contributed by atoms with Crippen molar-refractivity contribution in [1.82, 2.24) is 9.97 Å². The van der Waals surface area contributed by atoms with Crippen LogP contribution < -0.4 is 4.74 Å². The highest BCUT2D eigenvalue weighted by Crippen LogP contribution is 2.27. The smallest absolute Gasteiger partial charge is 0.316 e. The van der Waals surface area contributed by atoms with Gasteiger partial charge in [-0.2, -0.15) is 0 Å². The van der Waals surface area contributed by atoms with Crippen LogP contribution in [0.1, 0.15) is 5.69 Å². The van der Waals surface area contributed by atoms with Crippen LogP contribution in [-0.4, -0.2) is 28.8 Å². The lowest BCUT2D eigenvalue weighted by molar-refractivity contribution is -0.141. The Hall–Kier alpha value is -2.84. The van der Waals surface area contributed by atoms with Crippen LogP contribution in [0.5, 0.6) is 5.75 Å². The van der Waals surface area contributed by atoms with Crippen LogP contribution >= 0.6 is 23.1 Å². The lowest BCUT2D eigenvalue weighted by atomic mass is 10.2. The molecule has 0 radical (unpaired) electrons. The number of thiazole rings is 1. The number of aromatic nitrogens is 2. The highest BCUT2D eigenvalue weighted by atomic mass is 32.2. The molecule has 0 saturated heterocycles. The van der Waals surface area contributed by atoms with Gasteiger partial charge in [0.1, 0.15) is 28.6 Å². The van der Waals surface area contributed by atoms with Gasteiger partial charge in [0, 0.05) is 10.9 Å². The molecule has 142 valence electrons. The van der Waals surface area contributed by atoms with Crippen molar-refractivity contribution in [2.45, 2.75) is 11.8 Å². The number of rotatable bonds is 7. The molecule has 0 unspecified atom stereocenters. The molecule has 0 atom stereocenters. The Balaban J connectivity index is 1.30. The van der Waals surface area contributed by atoms with Crippen molar-refractivity contribution >= 4 is 40.2 Å². The van der Waals surface area contributed by atoms with Crippen LogP contribution in [-0.2, 0) is 16.1 Å². The zero-order valence-corrected chi connectivity index (χ0v) is 16.6. The number of fused-ring (bicyclic) bond motifs is 1. The first-order valence-electron chi connectivity index (χ1n) is 8.44. The van der Waals surface area contributed by atoms with E-state index in [9.17, 15) is 4.79 Å². The second kappa shape index (κ2) is 8.45. The average molecular weight is 412 g/mol. The van der Waals surface area contributed by atoms with Crippen LogP contribution in [0, 0.1) is 0 Å². The van der Waals surface area contributed by atoms with Gasteiger partial charge in [-0.25, -0.2) is 9.97 Å². The summed E-state index contributed by atoms with van der Waals surface area (Å²) in [6.45, 7) is 0.132. The van der Waals surface area contributed by atoms with Crippen LogP contribution in [0.3, 0.4) is 0 Å². The molecule has 0 amide bonds. The second-order valence-corrected chi connectivity index (χ2v) is 7.56. The summed E-state index contributed by atoms with van der Waals surface area (Å²) in [4.78, 5) is 20.9. The minimum Gasteiger partial charge on any atom is -0.497 e. The summed E-state index contributed by atoms with van der Waals surface area (Å²) in [6, 6.07) is 15.2. The molecular weight excluding hydrogens is 396 g/mol. The fourth-order valence-corrected chi connectivity index (χ4v) is 3.93. The molecule has 8 heteroatoms. The Morgan fingerprint density at radius 3 is 2.93 bits per heavy atom. The zero-order valence-electron chi connectivity index (χ0n) is 15.0. The minimum absolute atomic E-state index is 0.125. The van der Waals surface area contributed by atoms with E-state index in [-0.39, 0.29) is 18.3 Å². The van der Waals surface area contributed by atoms with Crippen molar-refractivity contribution in [3.05, 3.63) is 59.6 Å². The maximum Gasteiger partial charge on any atom is 0.316 e. The third-order valence-electron chi connectivity index (χ3n) is 3.84. The first kappa shape index (κ1) is 18.5. The van der Waals surface area contributed by atoms with Gasteiger partial charge in [-0.15, -0.1) is 11.3 Å². The molecule has 28 heavy (non-hydrogen) atoms. The van der Waals surface area contributed by atoms with E-state index in [2.05, 4.69) is 9.97 Å². The number of hydrogen-bond acceptors (Lipinski definition) is 8. The fraction of sp³-hybridized carbons (Fsp3) is 0.150. The van der Waals surface area contributed by atoms with E-state index in [0.29, 0.717) is 16.5 Å². The summed E-state index contributed by atoms with van der Waals surface area (Å²) in [5, 5.41) is 3.19. The Morgan fingerprint density at radius 1 is 1.18 bits per heavy atom. The van der Waals surface area contributed by atoms with E-state index in [0.717, 1.165) is 21.8 Å². The third kappa shape index (κ3) is 4.35. The van der Waals surface area contributed by atoms with Gasteiger partial charge < -0.3 is 13.9 Å². The van der Waals surface area contributed by atoms with Crippen LogP contribution in [0.4, 0.5) is 0 Å². The van der Waals surface area contributed by atoms with Gasteiger partial charge in [0.2, 0.25) is 0 Å². The standard InChI is InChI=1S/C20H16N2O4S2/c1-24-15-6-4-5-13(9-15)19-21-14(11-27-19)10-25-18(23)12-28-20-22-16-7-2-3-8-17(16)26-20/h2-9,11H,10,12H2,1H3. The van der Waals surface area contributed by atoms with E-state index in [1.54, 1.807) is 7.11 Å². The van der Waals surface area contributed by atoms with Crippen molar-refractivity contribution in [2.75, 3.05) is 12.9 Å². The van der Waals surface area contributed by atoms with Crippen LogP contribution in [0.25, 0.3) is 21.7 Å². The Morgan fingerprint density at radius 2 is 2.07 bits per heavy atom. The van der Waals surface area contributed by atoms with Crippen molar-refractivity contribution in [1.29, 1.82) is 0 Å². The number of nitrogens with zero attached hydrogens (tertiary/aromatic N) is 2. The van der Waals surface area contributed by atoms with E-state index in [4.69, 9.17) is 13.9 Å². The van der Waals surface area contributed by atoms with Gasteiger partial charge in [-0.1, -0.05) is 36.0 Å². The maximum absolute atomic E-state index is 12.0. The van der Waals surface area contributed by atoms with E-state index < -0.39 is 0 Å². The molecule has 6 nitrogen and oxygen atoms in total. The SMILES string of the molecule is COc1cccc(-c2nc(COC(=O)CSc3nc4ccccc4o3)cs2)c1. The normalized spacial score (nSPS) is 10.9. The largest absolute Gasteiger partial charge is 0.497 e. The molecule has 0 fully saturated rings. The molecule has 2 aromatic heterocycles. The molecule has 2 aromatic carbocycles. The first-order valence-corrected chi connectivity index (χ1v) is 10.3. The molecule has 2 heterocycles. The summed E-state index contributed by atoms with van der Waals surface area (Å²) in [6.07, 6.45) is 0. The maximum atomic E-state index is 12.0. The minimum atomic E-state index is -0.344. The molecule has 0 aliphatic carbocycles. The zero-order chi connectivity index (χ0) is 19.3. The lowest BCUT2D eigenvalue weighted by Gasteiger charge is -2.02. The van der Waals surface area contributed by atoms with Crippen molar-refractivity contribution in [3.8, 4) is 16.3 Å². The number of benzene rings is 2. The summed E-state index contributed by atoms with van der Waals surface area (Å²) in [5.41, 5.74) is 3.15. The van der Waals surface area contributed by atoms with E-state index >= 15 is 0 Å². The van der Waals surface area contributed by atoms with Crippen molar-refractivity contribution < 1.29 is 18.7 Å². The molecular formula is C20H16N2O4S2. The molecule has 0 spiro atoms. The highest BCUT2D eigenvalue weighted by Gasteiger charge is 2.12. The van der Waals surface area contributed by atoms with Crippen LogP contribution in [0.15, 0.2) is 63.6 Å². The summed E-state index contributed by atoms with van der Waals surface area (Å²) < 4.78 is 16.1. The summed E-state index contributed by atoms with van der Waals surface area (Å²) in [7, 11) is 1.63. The molecule has 4 rings (SSSR count). The quantitative estimate of drug-likeness (QED) is 0.319. The Labute approximate surface area is 169 Å². The number of ether oxygens (including phenoxy) is 2. The average Bonchev–Trinajstić information content (AvgIpc) is 3.37. The number of carbonyl (C=O) groups is 1. The van der Waals surface area contributed by atoms with Gasteiger partial charge in [0.25, 0.3) is 5.22 Å². The number of methoxy groups -OCH3 is 1. The highest BCUT2D eigenvalue weighted by molar-refractivity contribution is 7.99. The van der Waals surface area contributed by atoms with E-state index in [1.165, 1.54) is 23.1 Å². The van der Waals surface area contributed by atoms with Crippen LogP contribution in [0.2, 0.25) is 0 Å². The molecule has 0 aliphatic rings. The summed E-state index contributed by atoms with van der Waals surface area (Å²) >= 11 is 2.71. The topological polar surface area (TPSA) is 74.5 Å². The predicted octanol–water partition coefficient (Wildman–Crippen LogP) is 4.80. The molecule has 0 aliphatic heterocycles. The molecule has 0 N–H and O–H groups in total. The molecule has 4 aromatic rings. The number of para-hydroxylation sites is 2. The summed E-state index contributed by atoms with van der Waals surface area (Å²) in [5.74, 6) is 0.555. The fourth-order valence-electron chi connectivity index (χ4n) is 2.49. The molecule has 0 bridgehead atoms. The number of esters is 1. The van der Waals surface area contributed by atoms with Crippen molar-refractivity contribution in [3.63, 3.8) is 0 Å². The third-order valence-corrected chi connectivity index (χ3v) is 5.58. The monoisotopic (exact) mass is 412 g/mol.